The summed E-state index contributed by atoms with van der Waals surface area (Å²) in [6, 6.07) is 0.277. The van der Waals surface area contributed by atoms with Crippen LogP contribution in [-0.2, 0) is 4.74 Å². The minimum absolute atomic E-state index is 0.253. The molecule has 1 unspecified atom stereocenters. The molecule has 1 saturated heterocycles. The number of ether oxygens (including phenoxy) is 1. The van der Waals surface area contributed by atoms with Crippen LogP contribution in [0.15, 0.2) is 0 Å². The number of nitrogens with one attached hydrogen (secondary N) is 1. The van der Waals surface area contributed by atoms with Gasteiger partial charge in [-0.3, -0.25) is 16.2 Å². The van der Waals surface area contributed by atoms with Gasteiger partial charge < -0.3 is 4.74 Å². The van der Waals surface area contributed by atoms with Crippen molar-refractivity contribution in [3.8, 4) is 0 Å². The van der Waals surface area contributed by atoms with Crippen LogP contribution in [0.1, 0.15) is 58.3 Å². The number of rotatable bonds is 7. The van der Waals surface area contributed by atoms with E-state index in [-0.39, 0.29) is 11.6 Å². The Labute approximate surface area is 118 Å². The van der Waals surface area contributed by atoms with Crippen molar-refractivity contribution in [2.75, 3.05) is 26.3 Å². The van der Waals surface area contributed by atoms with Crippen molar-refractivity contribution in [3.05, 3.63) is 0 Å². The fourth-order valence-electron chi connectivity index (χ4n) is 3.92. The monoisotopic (exact) mass is 269 g/mol. The number of hydrogen-bond acceptors (Lipinski definition) is 4. The Hall–Kier alpha value is -0.160. The predicted octanol–water partition coefficient (Wildman–Crippen LogP) is 2.04. The second-order valence-electron chi connectivity index (χ2n) is 6.15. The van der Waals surface area contributed by atoms with E-state index in [2.05, 4.69) is 17.2 Å². The third kappa shape index (κ3) is 3.48. The first-order valence-corrected chi connectivity index (χ1v) is 8.12. The molecule has 0 radical (unpaired) electrons. The van der Waals surface area contributed by atoms with E-state index in [1.54, 1.807) is 0 Å². The van der Waals surface area contributed by atoms with Crippen LogP contribution in [0.4, 0.5) is 0 Å². The lowest BCUT2D eigenvalue weighted by atomic mass is 9.85. The quantitative estimate of drug-likeness (QED) is 0.422. The Morgan fingerprint density at radius 1 is 1.16 bits per heavy atom. The topological polar surface area (TPSA) is 50.5 Å². The molecule has 1 atom stereocenters. The lowest BCUT2D eigenvalue weighted by Gasteiger charge is -2.48. The highest BCUT2D eigenvalue weighted by Crippen LogP contribution is 2.39. The minimum Gasteiger partial charge on any atom is -0.380 e. The highest BCUT2D eigenvalue weighted by Gasteiger charge is 2.45. The van der Waals surface area contributed by atoms with Crippen LogP contribution in [0, 0.1) is 0 Å². The Bertz CT molecular complexity index is 248. The van der Waals surface area contributed by atoms with E-state index in [1.165, 1.54) is 58.0 Å². The van der Waals surface area contributed by atoms with Gasteiger partial charge in [-0.15, -0.1) is 0 Å². The molecule has 0 bridgehead atoms. The maximum Gasteiger partial charge on any atom is 0.0651 e. The van der Waals surface area contributed by atoms with E-state index in [4.69, 9.17) is 10.6 Å². The summed E-state index contributed by atoms with van der Waals surface area (Å²) in [5.41, 5.74) is 3.33. The summed E-state index contributed by atoms with van der Waals surface area (Å²) in [6.07, 6.45) is 10.4. The molecule has 1 saturated carbocycles. The summed E-state index contributed by atoms with van der Waals surface area (Å²) in [5.74, 6) is 5.87. The molecule has 0 aromatic carbocycles. The molecule has 2 aliphatic rings. The van der Waals surface area contributed by atoms with Crippen molar-refractivity contribution in [2.45, 2.75) is 69.9 Å². The van der Waals surface area contributed by atoms with E-state index in [9.17, 15) is 0 Å². The van der Waals surface area contributed by atoms with Gasteiger partial charge in [0.15, 0.2) is 0 Å². The number of hydrogen-bond donors (Lipinski definition) is 2. The Morgan fingerprint density at radius 3 is 2.42 bits per heavy atom. The molecule has 1 aliphatic heterocycles. The summed E-state index contributed by atoms with van der Waals surface area (Å²) in [7, 11) is 0. The number of piperidine rings is 1. The van der Waals surface area contributed by atoms with Crippen LogP contribution in [0.3, 0.4) is 0 Å². The molecule has 2 rings (SSSR count). The van der Waals surface area contributed by atoms with Crippen molar-refractivity contribution in [1.29, 1.82) is 0 Å². The van der Waals surface area contributed by atoms with Gasteiger partial charge in [0.1, 0.15) is 0 Å². The highest BCUT2D eigenvalue weighted by molar-refractivity contribution is 5.03. The Kier molecular flexibility index (Phi) is 6.07. The molecule has 4 heteroatoms. The fourth-order valence-corrected chi connectivity index (χ4v) is 3.92. The zero-order valence-electron chi connectivity index (χ0n) is 12.5. The largest absolute Gasteiger partial charge is 0.380 e. The van der Waals surface area contributed by atoms with Gasteiger partial charge in [0.25, 0.3) is 0 Å². The third-order valence-corrected chi connectivity index (χ3v) is 4.94. The van der Waals surface area contributed by atoms with E-state index < -0.39 is 0 Å². The number of nitrogens with zero attached hydrogens (tertiary/aromatic N) is 1. The minimum atomic E-state index is 0.253. The summed E-state index contributed by atoms with van der Waals surface area (Å²) < 4.78 is 5.79. The van der Waals surface area contributed by atoms with Crippen LogP contribution in [-0.4, -0.2) is 42.8 Å². The van der Waals surface area contributed by atoms with E-state index in [1.807, 2.05) is 0 Å². The van der Waals surface area contributed by atoms with Crippen molar-refractivity contribution < 1.29 is 4.74 Å². The summed E-state index contributed by atoms with van der Waals surface area (Å²) in [5, 5.41) is 0. The third-order valence-electron chi connectivity index (χ3n) is 4.94. The number of likely N-dealkylation sites (tertiary alicyclic amines) is 1. The zero-order chi connectivity index (χ0) is 13.6. The lowest BCUT2D eigenvalue weighted by molar-refractivity contribution is -0.00198. The second kappa shape index (κ2) is 7.58. The van der Waals surface area contributed by atoms with Gasteiger partial charge in [-0.2, -0.15) is 0 Å². The smallest absolute Gasteiger partial charge is 0.0651 e. The van der Waals surface area contributed by atoms with Crippen molar-refractivity contribution in [2.24, 2.45) is 5.84 Å². The van der Waals surface area contributed by atoms with Crippen LogP contribution in [0.2, 0.25) is 0 Å². The standard InChI is InChI=1S/C15H31N3O/c1-2-12-19-13-14(17-16)15(8-4-5-9-15)18-10-6-3-7-11-18/h14,17H,2-13,16H2,1H3. The predicted molar refractivity (Wildman–Crippen MR) is 78.8 cm³/mol. The molecular weight excluding hydrogens is 238 g/mol. The van der Waals surface area contributed by atoms with Crippen molar-refractivity contribution >= 4 is 0 Å². The Morgan fingerprint density at radius 2 is 1.84 bits per heavy atom. The molecular formula is C15H31N3O. The molecule has 0 aromatic heterocycles. The van der Waals surface area contributed by atoms with E-state index in [0.717, 1.165) is 19.6 Å². The molecule has 0 aromatic rings. The van der Waals surface area contributed by atoms with Crippen LogP contribution in [0.5, 0.6) is 0 Å². The molecule has 2 fully saturated rings. The van der Waals surface area contributed by atoms with Gasteiger partial charge in [0.05, 0.1) is 12.6 Å². The maximum absolute atomic E-state index is 5.87. The first-order valence-electron chi connectivity index (χ1n) is 8.12. The molecule has 112 valence electrons. The van der Waals surface area contributed by atoms with Gasteiger partial charge in [-0.05, 0) is 45.2 Å². The summed E-state index contributed by atoms with van der Waals surface area (Å²) in [6.45, 7) is 6.23. The van der Waals surface area contributed by atoms with Crippen molar-refractivity contribution in [1.82, 2.24) is 10.3 Å². The molecule has 19 heavy (non-hydrogen) atoms. The van der Waals surface area contributed by atoms with E-state index in [0.29, 0.717) is 0 Å². The average Bonchev–Trinajstić information content (AvgIpc) is 2.95. The molecule has 3 N–H and O–H groups in total. The SMILES string of the molecule is CCCOCC(NN)C1(N2CCCCC2)CCCC1. The number of hydrazine groups is 1. The van der Waals surface area contributed by atoms with Crippen molar-refractivity contribution in [3.63, 3.8) is 0 Å². The van der Waals surface area contributed by atoms with Crippen LogP contribution in [0.25, 0.3) is 0 Å². The normalized spacial score (nSPS) is 25.6. The van der Waals surface area contributed by atoms with Crippen LogP contribution >= 0.6 is 0 Å². The molecule has 1 aliphatic carbocycles. The average molecular weight is 269 g/mol. The molecule has 1 heterocycles. The highest BCUT2D eigenvalue weighted by atomic mass is 16.5. The fraction of sp³-hybridized carbons (Fsp3) is 1.00. The lowest BCUT2D eigenvalue weighted by Crippen LogP contribution is -2.64. The van der Waals surface area contributed by atoms with Gasteiger partial charge in [-0.25, -0.2) is 0 Å². The van der Waals surface area contributed by atoms with Gasteiger partial charge in [0, 0.05) is 12.1 Å². The Balaban J connectivity index is 2.02. The van der Waals surface area contributed by atoms with Gasteiger partial charge in [0.2, 0.25) is 0 Å². The summed E-state index contributed by atoms with van der Waals surface area (Å²) in [4.78, 5) is 2.71. The summed E-state index contributed by atoms with van der Waals surface area (Å²) >= 11 is 0. The molecule has 4 nitrogen and oxygen atoms in total. The van der Waals surface area contributed by atoms with Crippen LogP contribution < -0.4 is 11.3 Å². The second-order valence-corrected chi connectivity index (χ2v) is 6.15. The first kappa shape index (κ1) is 15.2. The van der Waals surface area contributed by atoms with E-state index >= 15 is 0 Å². The van der Waals surface area contributed by atoms with Gasteiger partial charge >= 0.3 is 0 Å². The zero-order valence-corrected chi connectivity index (χ0v) is 12.5. The maximum atomic E-state index is 5.87. The molecule has 0 spiro atoms. The number of nitrogens with two attached hydrogens (primary N) is 1. The molecule has 0 amide bonds. The van der Waals surface area contributed by atoms with Gasteiger partial charge in [-0.1, -0.05) is 26.2 Å². The first-order chi connectivity index (χ1) is 9.33.